The number of imide groups is 2. The van der Waals surface area contributed by atoms with Crippen molar-refractivity contribution < 1.29 is 19.2 Å². The summed E-state index contributed by atoms with van der Waals surface area (Å²) in [5.74, 6) is -3.40. The summed E-state index contributed by atoms with van der Waals surface area (Å²) in [6.45, 7) is 3.66. The maximum atomic E-state index is 12.7. The first-order valence-electron chi connectivity index (χ1n) is 8.32. The molecule has 0 aliphatic carbocycles. The van der Waals surface area contributed by atoms with Gasteiger partial charge in [0.25, 0.3) is 5.91 Å². The number of nitrogens with zero attached hydrogens (tertiary/aromatic N) is 2. The standard InChI is InChI=1S/C19H17N5O4/c1-12(22-23-16(25)14-7-9-20-10-8-14)15-17(26)21-19(28)24(18(15)27)11-13-5-3-2-4-6-13/h2-10,15,22H,1,11H2,(H,23,25)(H,21,26,28)/t15-/m1/s1. The highest BCUT2D eigenvalue weighted by molar-refractivity contribution is 6.17. The van der Waals surface area contributed by atoms with Crippen molar-refractivity contribution in [1.82, 2.24) is 26.1 Å². The molecule has 1 aliphatic heterocycles. The molecule has 0 saturated carbocycles. The third-order valence-electron chi connectivity index (χ3n) is 4.06. The summed E-state index contributed by atoms with van der Waals surface area (Å²) < 4.78 is 0. The molecule has 3 N–H and O–H groups in total. The van der Waals surface area contributed by atoms with Crippen molar-refractivity contribution in [2.75, 3.05) is 0 Å². The van der Waals surface area contributed by atoms with Crippen molar-refractivity contribution in [3.05, 3.63) is 78.3 Å². The molecule has 0 spiro atoms. The Morgan fingerprint density at radius 2 is 1.75 bits per heavy atom. The fourth-order valence-corrected chi connectivity index (χ4v) is 2.62. The average Bonchev–Trinajstić information content (AvgIpc) is 2.70. The van der Waals surface area contributed by atoms with E-state index >= 15 is 0 Å². The van der Waals surface area contributed by atoms with E-state index in [2.05, 4.69) is 27.7 Å². The fourth-order valence-electron chi connectivity index (χ4n) is 2.62. The van der Waals surface area contributed by atoms with E-state index in [0.29, 0.717) is 5.56 Å². The monoisotopic (exact) mass is 379 g/mol. The Labute approximate surface area is 160 Å². The Bertz CT molecular complexity index is 930. The van der Waals surface area contributed by atoms with E-state index in [9.17, 15) is 19.2 Å². The zero-order valence-corrected chi connectivity index (χ0v) is 14.7. The van der Waals surface area contributed by atoms with Gasteiger partial charge in [0, 0.05) is 23.7 Å². The molecule has 9 heteroatoms. The lowest BCUT2D eigenvalue weighted by Gasteiger charge is -2.31. The number of pyridine rings is 1. The van der Waals surface area contributed by atoms with Crippen molar-refractivity contribution in [3.8, 4) is 0 Å². The number of barbiturate groups is 1. The van der Waals surface area contributed by atoms with Crippen molar-refractivity contribution in [1.29, 1.82) is 0 Å². The molecule has 0 radical (unpaired) electrons. The Balaban J connectivity index is 1.68. The number of hydrogen-bond acceptors (Lipinski definition) is 6. The molecular formula is C19H17N5O4. The van der Waals surface area contributed by atoms with Gasteiger partial charge in [0.15, 0.2) is 5.92 Å². The molecule has 1 saturated heterocycles. The van der Waals surface area contributed by atoms with Gasteiger partial charge in [-0.15, -0.1) is 0 Å². The van der Waals surface area contributed by atoms with Gasteiger partial charge in [-0.1, -0.05) is 36.9 Å². The van der Waals surface area contributed by atoms with Crippen LogP contribution in [0, 0.1) is 5.92 Å². The number of hydrogen-bond donors (Lipinski definition) is 3. The van der Waals surface area contributed by atoms with E-state index in [-0.39, 0.29) is 12.2 Å². The zero-order valence-electron chi connectivity index (χ0n) is 14.7. The van der Waals surface area contributed by atoms with Crippen LogP contribution in [-0.4, -0.2) is 33.6 Å². The quantitative estimate of drug-likeness (QED) is 0.503. The highest BCUT2D eigenvalue weighted by Crippen LogP contribution is 2.18. The minimum absolute atomic E-state index is 0.00589. The largest absolute Gasteiger partial charge is 0.331 e. The molecule has 1 atom stereocenters. The van der Waals surface area contributed by atoms with E-state index in [0.717, 1.165) is 10.5 Å². The summed E-state index contributed by atoms with van der Waals surface area (Å²) in [5, 5.41) is 2.14. The number of amides is 5. The SMILES string of the molecule is C=C(NNC(=O)c1ccncc1)[C@@H]1C(=O)NC(=O)N(Cc2ccccc2)C1=O. The van der Waals surface area contributed by atoms with E-state index in [4.69, 9.17) is 0 Å². The van der Waals surface area contributed by atoms with Gasteiger partial charge in [-0.05, 0) is 17.7 Å². The first-order valence-corrected chi connectivity index (χ1v) is 8.32. The van der Waals surface area contributed by atoms with Gasteiger partial charge in [0.2, 0.25) is 11.8 Å². The molecule has 0 bridgehead atoms. The smallest absolute Gasteiger partial charge is 0.302 e. The molecule has 1 aromatic carbocycles. The molecule has 0 unspecified atom stereocenters. The summed E-state index contributed by atoms with van der Waals surface area (Å²) in [6.07, 6.45) is 2.91. The highest BCUT2D eigenvalue weighted by atomic mass is 16.2. The van der Waals surface area contributed by atoms with E-state index < -0.39 is 29.7 Å². The number of carbonyl (C=O) groups is 4. The van der Waals surface area contributed by atoms with Gasteiger partial charge in [-0.2, -0.15) is 0 Å². The molecule has 2 heterocycles. The maximum absolute atomic E-state index is 12.7. The number of carbonyl (C=O) groups excluding carboxylic acids is 4. The van der Waals surface area contributed by atoms with Crippen molar-refractivity contribution in [2.24, 2.45) is 5.92 Å². The Kier molecular flexibility index (Phi) is 5.45. The highest BCUT2D eigenvalue weighted by Gasteiger charge is 2.42. The van der Waals surface area contributed by atoms with Crippen LogP contribution in [0.5, 0.6) is 0 Å². The van der Waals surface area contributed by atoms with Gasteiger partial charge in [0.05, 0.1) is 6.54 Å². The Morgan fingerprint density at radius 1 is 1.07 bits per heavy atom. The fraction of sp³-hybridized carbons (Fsp3) is 0.105. The molecule has 1 aromatic heterocycles. The van der Waals surface area contributed by atoms with Crippen LogP contribution in [0.3, 0.4) is 0 Å². The van der Waals surface area contributed by atoms with Crippen LogP contribution < -0.4 is 16.2 Å². The van der Waals surface area contributed by atoms with Crippen LogP contribution in [0.25, 0.3) is 0 Å². The second-order valence-electron chi connectivity index (χ2n) is 5.98. The maximum Gasteiger partial charge on any atom is 0.331 e. The lowest BCUT2D eigenvalue weighted by atomic mass is 10.0. The predicted molar refractivity (Wildman–Crippen MR) is 98.0 cm³/mol. The zero-order chi connectivity index (χ0) is 20.1. The second kappa shape index (κ2) is 8.12. The third kappa shape index (κ3) is 4.04. The summed E-state index contributed by atoms with van der Waals surface area (Å²) in [7, 11) is 0. The van der Waals surface area contributed by atoms with Crippen LogP contribution in [0.1, 0.15) is 15.9 Å². The van der Waals surface area contributed by atoms with Gasteiger partial charge in [-0.25, -0.2) is 4.79 Å². The van der Waals surface area contributed by atoms with Crippen molar-refractivity contribution >= 4 is 23.8 Å². The van der Waals surface area contributed by atoms with E-state index in [1.807, 2.05) is 6.07 Å². The van der Waals surface area contributed by atoms with Crippen LogP contribution in [0.2, 0.25) is 0 Å². The van der Waals surface area contributed by atoms with E-state index in [1.165, 1.54) is 24.5 Å². The molecular weight excluding hydrogens is 362 g/mol. The molecule has 9 nitrogen and oxygen atoms in total. The Morgan fingerprint density at radius 3 is 2.43 bits per heavy atom. The number of urea groups is 1. The second-order valence-corrected chi connectivity index (χ2v) is 5.98. The number of nitrogens with one attached hydrogen (secondary N) is 3. The van der Waals surface area contributed by atoms with Crippen LogP contribution in [0.4, 0.5) is 4.79 Å². The lowest BCUT2D eigenvalue weighted by Crippen LogP contribution is -2.59. The van der Waals surface area contributed by atoms with Crippen molar-refractivity contribution in [3.63, 3.8) is 0 Å². The molecule has 28 heavy (non-hydrogen) atoms. The number of benzene rings is 1. The van der Waals surface area contributed by atoms with Gasteiger partial charge < -0.3 is 5.43 Å². The number of rotatable bonds is 6. The van der Waals surface area contributed by atoms with Crippen LogP contribution >= 0.6 is 0 Å². The minimum Gasteiger partial charge on any atom is -0.302 e. The molecule has 2 aromatic rings. The summed E-state index contributed by atoms with van der Waals surface area (Å²) >= 11 is 0. The Hall–Kier alpha value is -4.01. The van der Waals surface area contributed by atoms with Crippen molar-refractivity contribution in [2.45, 2.75) is 6.54 Å². The molecule has 142 valence electrons. The van der Waals surface area contributed by atoms with Crippen LogP contribution in [0.15, 0.2) is 67.1 Å². The summed E-state index contributed by atoms with van der Waals surface area (Å²) in [5.41, 5.74) is 5.83. The molecule has 1 fully saturated rings. The normalized spacial score (nSPS) is 16.4. The minimum atomic E-state index is -1.36. The third-order valence-corrected chi connectivity index (χ3v) is 4.06. The van der Waals surface area contributed by atoms with Gasteiger partial charge in [-0.3, -0.25) is 35.0 Å². The summed E-state index contributed by atoms with van der Waals surface area (Å²) in [6, 6.07) is 11.1. The lowest BCUT2D eigenvalue weighted by molar-refractivity contribution is -0.141. The van der Waals surface area contributed by atoms with E-state index in [1.54, 1.807) is 24.3 Å². The number of aromatic nitrogens is 1. The van der Waals surface area contributed by atoms with Crippen LogP contribution in [-0.2, 0) is 16.1 Å². The predicted octanol–water partition coefficient (Wildman–Crippen LogP) is 0.724. The molecule has 5 amide bonds. The average molecular weight is 379 g/mol. The van der Waals surface area contributed by atoms with Gasteiger partial charge in [0.1, 0.15) is 0 Å². The molecule has 3 rings (SSSR count). The number of hydrazine groups is 1. The molecule has 1 aliphatic rings. The topological polar surface area (TPSA) is 120 Å². The first-order chi connectivity index (χ1) is 13.5. The van der Waals surface area contributed by atoms with Gasteiger partial charge >= 0.3 is 6.03 Å². The summed E-state index contributed by atoms with van der Waals surface area (Å²) in [4.78, 5) is 53.8. The first kappa shape index (κ1) is 18.8.